The predicted molar refractivity (Wildman–Crippen MR) is 226 cm³/mol. The first kappa shape index (κ1) is 47.4. The number of rotatable bonds is 10. The SMILES string of the molecule is CCOC(=O)N1CCC(N)CC1.CCOC(=O)N1CCC(Nc2ccc(C(=O)c3cc(F)ccc3OC)c(N)n2)CC1.COc1ccc(F)cc1C(=O)c1ccc(Cl)nc1N. The van der Waals surface area contributed by atoms with Crippen molar-refractivity contribution in [1.29, 1.82) is 0 Å². The van der Waals surface area contributed by atoms with Gasteiger partial charge in [0.15, 0.2) is 0 Å². The molecule has 0 spiro atoms. The van der Waals surface area contributed by atoms with Gasteiger partial charge in [0, 0.05) is 38.3 Å². The molecule has 2 aliphatic heterocycles. The van der Waals surface area contributed by atoms with Crippen molar-refractivity contribution in [3.05, 3.63) is 99.7 Å². The third kappa shape index (κ3) is 13.4. The topological polar surface area (TPSA) is 228 Å². The zero-order valence-electron chi connectivity index (χ0n) is 34.4. The molecule has 61 heavy (non-hydrogen) atoms. The Morgan fingerprint density at radius 3 is 1.56 bits per heavy atom. The highest BCUT2D eigenvalue weighted by molar-refractivity contribution is 6.29. The van der Waals surface area contributed by atoms with E-state index in [1.807, 2.05) is 6.92 Å². The van der Waals surface area contributed by atoms with Gasteiger partial charge in [0.05, 0.1) is 49.7 Å². The maximum absolute atomic E-state index is 13.6. The zero-order valence-corrected chi connectivity index (χ0v) is 35.2. The summed E-state index contributed by atoms with van der Waals surface area (Å²) in [5, 5.41) is 3.47. The van der Waals surface area contributed by atoms with Gasteiger partial charge in [-0.05, 0) is 100 Å². The van der Waals surface area contributed by atoms with Gasteiger partial charge in [-0.15, -0.1) is 0 Å². The summed E-state index contributed by atoms with van der Waals surface area (Å²) in [6.07, 6.45) is 2.75. The smallest absolute Gasteiger partial charge is 0.409 e. The standard InChI is InChI=1S/C21H25FN4O4.C13H10ClFN2O2.C8H16N2O2/c1-3-30-21(28)26-10-8-14(9-11-26)24-18-7-5-15(20(23)25-18)19(27)16-12-13(22)4-6-17(16)29-2;1-19-10-4-2-7(15)6-9(10)12(18)8-3-5-11(14)17-13(8)16;1-2-12-8(11)10-5-3-7(9)4-6-10/h4-7,12,14H,3,8-11H2,1-2H3,(H3,23,24,25);2-6H,1H3,(H2,16,17);7H,2-6,9H2,1H3. The minimum atomic E-state index is -0.543. The lowest BCUT2D eigenvalue weighted by atomic mass is 10.0. The van der Waals surface area contributed by atoms with Crippen molar-refractivity contribution < 1.29 is 46.9 Å². The van der Waals surface area contributed by atoms with Crippen molar-refractivity contribution in [3.8, 4) is 11.5 Å². The van der Waals surface area contributed by atoms with Crippen molar-refractivity contribution in [2.24, 2.45) is 5.73 Å². The van der Waals surface area contributed by atoms with Gasteiger partial charge in [-0.25, -0.2) is 28.3 Å². The van der Waals surface area contributed by atoms with Crippen LogP contribution in [0.2, 0.25) is 5.15 Å². The number of nitrogens with one attached hydrogen (secondary N) is 1. The molecule has 328 valence electrons. The molecule has 0 bridgehead atoms. The number of carbonyl (C=O) groups excluding carboxylic acids is 4. The van der Waals surface area contributed by atoms with Gasteiger partial charge in [0.25, 0.3) is 0 Å². The number of aromatic nitrogens is 2. The Labute approximate surface area is 357 Å². The maximum atomic E-state index is 13.6. The number of halogens is 3. The molecule has 4 aromatic rings. The highest BCUT2D eigenvalue weighted by Gasteiger charge is 2.25. The summed E-state index contributed by atoms with van der Waals surface area (Å²) in [7, 11) is 2.80. The fourth-order valence-electron chi connectivity index (χ4n) is 6.32. The van der Waals surface area contributed by atoms with Gasteiger partial charge in [0.1, 0.15) is 45.7 Å². The van der Waals surface area contributed by atoms with Gasteiger partial charge in [-0.1, -0.05) is 11.6 Å². The highest BCUT2D eigenvalue weighted by Crippen LogP contribution is 2.27. The molecule has 2 aromatic carbocycles. The number of nitrogens with two attached hydrogens (primary N) is 3. The normalized spacial score (nSPS) is 14.0. The van der Waals surface area contributed by atoms with Crippen LogP contribution >= 0.6 is 11.6 Å². The van der Waals surface area contributed by atoms with Crippen LogP contribution in [-0.4, -0.2) is 109 Å². The first-order valence-electron chi connectivity index (χ1n) is 19.5. The van der Waals surface area contributed by atoms with E-state index >= 15 is 0 Å². The number of likely N-dealkylation sites (tertiary alicyclic amines) is 2. The van der Waals surface area contributed by atoms with Crippen LogP contribution in [0.15, 0.2) is 60.7 Å². The van der Waals surface area contributed by atoms with E-state index in [0.717, 1.165) is 50.9 Å². The Morgan fingerprint density at radius 2 is 1.13 bits per heavy atom. The molecule has 0 saturated carbocycles. The highest BCUT2D eigenvalue weighted by atomic mass is 35.5. The van der Waals surface area contributed by atoms with Gasteiger partial charge >= 0.3 is 12.2 Å². The third-order valence-electron chi connectivity index (χ3n) is 9.56. The van der Waals surface area contributed by atoms with Crippen LogP contribution in [-0.2, 0) is 9.47 Å². The summed E-state index contributed by atoms with van der Waals surface area (Å²) in [5.74, 6) is -0.933. The lowest BCUT2D eigenvalue weighted by Crippen LogP contribution is -2.43. The average molecular weight is 869 g/mol. The number of benzene rings is 2. The Kier molecular flexibility index (Phi) is 17.8. The molecule has 2 aliphatic rings. The van der Waals surface area contributed by atoms with E-state index in [1.54, 1.807) is 28.9 Å². The van der Waals surface area contributed by atoms with E-state index in [1.165, 1.54) is 50.6 Å². The first-order valence-corrected chi connectivity index (χ1v) is 19.9. The minimum Gasteiger partial charge on any atom is -0.496 e. The van der Waals surface area contributed by atoms with Crippen LogP contribution in [0.5, 0.6) is 11.5 Å². The van der Waals surface area contributed by atoms with Crippen LogP contribution in [0.4, 0.5) is 35.8 Å². The molecule has 7 N–H and O–H groups in total. The van der Waals surface area contributed by atoms with Crippen molar-refractivity contribution >= 4 is 52.8 Å². The summed E-state index contributed by atoms with van der Waals surface area (Å²) in [4.78, 5) is 59.5. The lowest BCUT2D eigenvalue weighted by molar-refractivity contribution is 0.0969. The molecular formula is C42H51ClF2N8O8. The predicted octanol–water partition coefficient (Wildman–Crippen LogP) is 6.34. The Bertz CT molecular complexity index is 2150. The second-order valence-corrected chi connectivity index (χ2v) is 14.1. The van der Waals surface area contributed by atoms with Crippen LogP contribution in [0, 0.1) is 11.6 Å². The molecule has 2 saturated heterocycles. The van der Waals surface area contributed by atoms with Crippen LogP contribution < -0.4 is 32.0 Å². The van der Waals surface area contributed by atoms with Crippen LogP contribution in [0.3, 0.4) is 0 Å². The molecule has 16 nitrogen and oxygen atoms in total. The number of hydrogen-bond acceptors (Lipinski definition) is 14. The monoisotopic (exact) mass is 868 g/mol. The average Bonchev–Trinajstić information content (AvgIpc) is 3.24. The number of carbonyl (C=O) groups is 4. The number of ketones is 2. The third-order valence-corrected chi connectivity index (χ3v) is 9.77. The number of nitrogens with zero attached hydrogens (tertiary/aromatic N) is 4. The van der Waals surface area contributed by atoms with Crippen molar-refractivity contribution in [3.63, 3.8) is 0 Å². The number of piperidine rings is 2. The molecule has 19 heteroatoms. The maximum Gasteiger partial charge on any atom is 0.409 e. The van der Waals surface area contributed by atoms with Gasteiger partial charge < -0.3 is 51.3 Å². The van der Waals surface area contributed by atoms with E-state index in [9.17, 15) is 28.0 Å². The molecular weight excluding hydrogens is 818 g/mol. The zero-order chi connectivity index (χ0) is 44.6. The minimum absolute atomic E-state index is 0.0104. The number of nitrogen functional groups attached to an aromatic ring is 2. The molecule has 4 heterocycles. The summed E-state index contributed by atoms with van der Waals surface area (Å²) in [5.41, 5.74) is 17.8. The molecule has 2 amide bonds. The molecule has 0 unspecified atom stereocenters. The number of methoxy groups -OCH3 is 2. The molecule has 0 atom stereocenters. The van der Waals surface area contributed by atoms with E-state index in [-0.39, 0.29) is 74.8 Å². The van der Waals surface area contributed by atoms with Gasteiger partial charge in [-0.2, -0.15) is 0 Å². The van der Waals surface area contributed by atoms with Crippen molar-refractivity contribution in [2.75, 3.05) is 70.4 Å². The summed E-state index contributed by atoms with van der Waals surface area (Å²) < 4.78 is 46.9. The number of pyridine rings is 2. The van der Waals surface area contributed by atoms with Gasteiger partial charge in [-0.3, -0.25) is 9.59 Å². The van der Waals surface area contributed by atoms with E-state index in [4.69, 9.17) is 47.7 Å². The fourth-order valence-corrected chi connectivity index (χ4v) is 6.48. The lowest BCUT2D eigenvalue weighted by Gasteiger charge is -2.31. The Morgan fingerprint density at radius 1 is 0.689 bits per heavy atom. The van der Waals surface area contributed by atoms with Crippen LogP contribution in [0.1, 0.15) is 71.4 Å². The molecule has 0 radical (unpaired) electrons. The van der Waals surface area contributed by atoms with E-state index in [2.05, 4.69) is 15.3 Å². The Balaban J connectivity index is 0.000000224. The summed E-state index contributed by atoms with van der Waals surface area (Å²) in [6.45, 7) is 7.03. The molecule has 6 rings (SSSR count). The molecule has 2 aromatic heterocycles. The van der Waals surface area contributed by atoms with Crippen molar-refractivity contribution in [2.45, 2.75) is 51.6 Å². The summed E-state index contributed by atoms with van der Waals surface area (Å²) >= 11 is 5.66. The van der Waals surface area contributed by atoms with Gasteiger partial charge in [0.2, 0.25) is 11.6 Å². The fraction of sp³-hybridized carbons (Fsp3) is 0.381. The molecule has 0 aliphatic carbocycles. The second kappa shape index (κ2) is 22.9. The number of ether oxygens (including phenoxy) is 4. The number of amides is 2. The first-order chi connectivity index (χ1) is 29.2. The van der Waals surface area contributed by atoms with E-state index < -0.39 is 23.2 Å². The van der Waals surface area contributed by atoms with Crippen LogP contribution in [0.25, 0.3) is 0 Å². The van der Waals surface area contributed by atoms with E-state index in [0.29, 0.717) is 32.1 Å². The second-order valence-electron chi connectivity index (χ2n) is 13.7. The van der Waals surface area contributed by atoms with Crippen molar-refractivity contribution in [1.82, 2.24) is 19.8 Å². The summed E-state index contributed by atoms with van der Waals surface area (Å²) in [6, 6.07) is 13.9. The Hall–Kier alpha value is -6.27. The molecule has 2 fully saturated rings. The largest absolute Gasteiger partial charge is 0.496 e. The number of hydrogen-bond donors (Lipinski definition) is 4. The quantitative estimate of drug-likeness (QED) is 0.101. The number of anilines is 3.